The molecule has 0 radical (unpaired) electrons. The van der Waals surface area contributed by atoms with Crippen LogP contribution in [-0.2, 0) is 0 Å². The van der Waals surface area contributed by atoms with Gasteiger partial charge in [0.2, 0.25) is 0 Å². The van der Waals surface area contributed by atoms with Crippen LogP contribution in [0.4, 0.5) is 0 Å². The van der Waals surface area contributed by atoms with Crippen molar-refractivity contribution in [1.29, 1.82) is 0 Å². The fraction of sp³-hybridized carbons (Fsp3) is 0.583. The summed E-state index contributed by atoms with van der Waals surface area (Å²) in [7, 11) is 0. The van der Waals surface area contributed by atoms with Crippen LogP contribution >= 0.6 is 0 Å². The van der Waals surface area contributed by atoms with Crippen LogP contribution in [0.15, 0.2) is 18.3 Å². The standard InChI is InChI=1S/C12H20N2O2/c1-4-13(5-2)9-10(3)14-8-6-7-11(14)12(15)16/h6-8,10H,4-5,9H2,1-3H3,(H,15,16). The van der Waals surface area contributed by atoms with Crippen LogP contribution in [0.5, 0.6) is 0 Å². The maximum Gasteiger partial charge on any atom is 0.352 e. The number of aromatic nitrogens is 1. The number of rotatable bonds is 6. The van der Waals surface area contributed by atoms with Gasteiger partial charge < -0.3 is 14.6 Å². The molecule has 0 aliphatic rings. The van der Waals surface area contributed by atoms with Crippen molar-refractivity contribution in [3.8, 4) is 0 Å². The van der Waals surface area contributed by atoms with Gasteiger partial charge in [-0.25, -0.2) is 4.79 Å². The summed E-state index contributed by atoms with van der Waals surface area (Å²) in [5, 5.41) is 9.02. The van der Waals surface area contributed by atoms with Gasteiger partial charge in [0.1, 0.15) is 5.69 Å². The Balaban J connectivity index is 2.75. The fourth-order valence-electron chi connectivity index (χ4n) is 1.90. The molecule has 1 unspecified atom stereocenters. The lowest BCUT2D eigenvalue weighted by molar-refractivity contribution is 0.0681. The smallest absolute Gasteiger partial charge is 0.352 e. The summed E-state index contributed by atoms with van der Waals surface area (Å²) >= 11 is 0. The minimum atomic E-state index is -0.864. The molecule has 0 spiro atoms. The lowest BCUT2D eigenvalue weighted by atomic mass is 10.3. The molecule has 4 nitrogen and oxygen atoms in total. The van der Waals surface area contributed by atoms with E-state index in [0.29, 0.717) is 5.69 Å². The molecule has 1 aromatic heterocycles. The van der Waals surface area contributed by atoms with Gasteiger partial charge in [0, 0.05) is 18.8 Å². The zero-order valence-corrected chi connectivity index (χ0v) is 10.2. The van der Waals surface area contributed by atoms with Gasteiger partial charge in [0.15, 0.2) is 0 Å². The Morgan fingerprint density at radius 2 is 2.12 bits per heavy atom. The molecule has 1 aromatic rings. The molecule has 0 aliphatic carbocycles. The molecule has 1 heterocycles. The first kappa shape index (κ1) is 12.8. The molecule has 1 atom stereocenters. The first-order valence-electron chi connectivity index (χ1n) is 5.72. The molecule has 1 rings (SSSR count). The van der Waals surface area contributed by atoms with E-state index in [9.17, 15) is 4.79 Å². The van der Waals surface area contributed by atoms with Crippen LogP contribution in [0.3, 0.4) is 0 Å². The van der Waals surface area contributed by atoms with Crippen molar-refractivity contribution >= 4 is 5.97 Å². The second-order valence-electron chi connectivity index (χ2n) is 3.94. The average Bonchev–Trinajstić information content (AvgIpc) is 2.74. The summed E-state index contributed by atoms with van der Waals surface area (Å²) in [6.45, 7) is 9.13. The van der Waals surface area contributed by atoms with Crippen molar-refractivity contribution in [2.75, 3.05) is 19.6 Å². The monoisotopic (exact) mass is 224 g/mol. The van der Waals surface area contributed by atoms with Crippen LogP contribution in [-0.4, -0.2) is 40.2 Å². The molecule has 0 aromatic carbocycles. The van der Waals surface area contributed by atoms with Gasteiger partial charge in [0.05, 0.1) is 0 Å². The number of hydrogen-bond donors (Lipinski definition) is 1. The molecule has 0 saturated heterocycles. The largest absolute Gasteiger partial charge is 0.477 e. The van der Waals surface area contributed by atoms with Gasteiger partial charge >= 0.3 is 5.97 Å². The second-order valence-corrected chi connectivity index (χ2v) is 3.94. The Kier molecular flexibility index (Phi) is 4.55. The summed E-state index contributed by atoms with van der Waals surface area (Å²) in [6, 6.07) is 3.60. The number of carboxylic acid groups (broad SMARTS) is 1. The van der Waals surface area contributed by atoms with Crippen molar-refractivity contribution in [3.63, 3.8) is 0 Å². The van der Waals surface area contributed by atoms with E-state index in [2.05, 4.69) is 18.7 Å². The summed E-state index contributed by atoms with van der Waals surface area (Å²) < 4.78 is 1.82. The lowest BCUT2D eigenvalue weighted by Crippen LogP contribution is -2.30. The van der Waals surface area contributed by atoms with Crippen LogP contribution in [0.25, 0.3) is 0 Å². The van der Waals surface area contributed by atoms with Gasteiger partial charge in [-0.05, 0) is 32.1 Å². The Morgan fingerprint density at radius 3 is 2.62 bits per heavy atom. The highest BCUT2D eigenvalue weighted by atomic mass is 16.4. The van der Waals surface area contributed by atoms with Gasteiger partial charge in [-0.15, -0.1) is 0 Å². The van der Waals surface area contributed by atoms with E-state index >= 15 is 0 Å². The highest BCUT2D eigenvalue weighted by Gasteiger charge is 2.15. The first-order valence-corrected chi connectivity index (χ1v) is 5.72. The molecule has 4 heteroatoms. The van der Waals surface area contributed by atoms with E-state index in [1.165, 1.54) is 0 Å². The lowest BCUT2D eigenvalue weighted by Gasteiger charge is -2.24. The number of nitrogens with zero attached hydrogens (tertiary/aromatic N) is 2. The van der Waals surface area contributed by atoms with Crippen molar-refractivity contribution in [1.82, 2.24) is 9.47 Å². The normalized spacial score (nSPS) is 13.0. The summed E-state index contributed by atoms with van der Waals surface area (Å²) in [5.74, 6) is -0.864. The van der Waals surface area contributed by atoms with E-state index in [0.717, 1.165) is 19.6 Å². The third-order valence-corrected chi connectivity index (χ3v) is 2.89. The molecular weight excluding hydrogens is 204 g/mol. The third kappa shape index (κ3) is 2.85. The Morgan fingerprint density at radius 1 is 1.50 bits per heavy atom. The molecular formula is C12H20N2O2. The van der Waals surface area contributed by atoms with Crippen LogP contribution in [0.2, 0.25) is 0 Å². The second kappa shape index (κ2) is 5.70. The zero-order valence-electron chi connectivity index (χ0n) is 10.2. The molecule has 0 saturated carbocycles. The SMILES string of the molecule is CCN(CC)CC(C)n1cccc1C(=O)O. The molecule has 0 bridgehead atoms. The summed E-state index contributed by atoms with van der Waals surface area (Å²) in [6.07, 6.45) is 1.83. The maximum atomic E-state index is 11.0. The van der Waals surface area contributed by atoms with Gasteiger partial charge in [-0.3, -0.25) is 0 Å². The van der Waals surface area contributed by atoms with E-state index < -0.39 is 5.97 Å². The molecule has 16 heavy (non-hydrogen) atoms. The molecule has 0 fully saturated rings. The number of carboxylic acids is 1. The number of likely N-dealkylation sites (N-methyl/N-ethyl adjacent to an activating group) is 1. The third-order valence-electron chi connectivity index (χ3n) is 2.89. The Labute approximate surface area is 96.5 Å². The predicted molar refractivity (Wildman–Crippen MR) is 63.9 cm³/mol. The van der Waals surface area contributed by atoms with Gasteiger partial charge in [0.25, 0.3) is 0 Å². The van der Waals surface area contributed by atoms with Gasteiger partial charge in [-0.1, -0.05) is 13.8 Å². The number of carbonyl (C=O) groups is 1. The topological polar surface area (TPSA) is 45.5 Å². The van der Waals surface area contributed by atoms with Crippen LogP contribution in [0.1, 0.15) is 37.3 Å². The average molecular weight is 224 g/mol. The highest BCUT2D eigenvalue weighted by Crippen LogP contribution is 2.13. The minimum absolute atomic E-state index is 0.181. The number of hydrogen-bond acceptors (Lipinski definition) is 2. The quantitative estimate of drug-likeness (QED) is 0.804. The first-order chi connectivity index (χ1) is 7.60. The molecule has 90 valence electrons. The van der Waals surface area contributed by atoms with E-state index in [1.54, 1.807) is 12.1 Å². The fourth-order valence-corrected chi connectivity index (χ4v) is 1.90. The summed E-state index contributed by atoms with van der Waals surface area (Å²) in [5.41, 5.74) is 0.361. The van der Waals surface area contributed by atoms with E-state index in [4.69, 9.17) is 5.11 Å². The van der Waals surface area contributed by atoms with Crippen LogP contribution in [0, 0.1) is 0 Å². The Bertz CT molecular complexity index is 343. The summed E-state index contributed by atoms with van der Waals surface area (Å²) in [4.78, 5) is 13.3. The van der Waals surface area contributed by atoms with Gasteiger partial charge in [-0.2, -0.15) is 0 Å². The van der Waals surface area contributed by atoms with Crippen molar-refractivity contribution in [2.45, 2.75) is 26.8 Å². The maximum absolute atomic E-state index is 11.0. The van der Waals surface area contributed by atoms with Crippen molar-refractivity contribution in [3.05, 3.63) is 24.0 Å². The van der Waals surface area contributed by atoms with E-state index in [1.807, 2.05) is 17.7 Å². The highest BCUT2D eigenvalue weighted by molar-refractivity contribution is 5.85. The molecule has 1 N–H and O–H groups in total. The Hall–Kier alpha value is -1.29. The number of aromatic carboxylic acids is 1. The molecule has 0 aliphatic heterocycles. The van der Waals surface area contributed by atoms with Crippen molar-refractivity contribution in [2.24, 2.45) is 0 Å². The predicted octanol–water partition coefficient (Wildman–Crippen LogP) is 2.09. The zero-order chi connectivity index (χ0) is 12.1. The van der Waals surface area contributed by atoms with Crippen LogP contribution < -0.4 is 0 Å². The van der Waals surface area contributed by atoms with E-state index in [-0.39, 0.29) is 6.04 Å². The van der Waals surface area contributed by atoms with Crippen molar-refractivity contribution < 1.29 is 9.90 Å². The molecule has 0 amide bonds. The minimum Gasteiger partial charge on any atom is -0.477 e.